The average Bonchev–Trinajstić information content (AvgIpc) is 3.05. The minimum absolute atomic E-state index is 0.0116. The third-order valence-electron chi connectivity index (χ3n) is 6.47. The molecule has 0 aliphatic rings. The first-order valence-electron chi connectivity index (χ1n) is 13.4. The van der Waals surface area contributed by atoms with Crippen LogP contribution in [0.15, 0.2) is 94.5 Å². The molecule has 0 unspecified atom stereocenters. The SMILES string of the molecule is COc1cc(/C=N\NC(=O)[C@H](Cc2ccc(O)cc2)NC(=O)c2cc([N+](=O)[O-])cc([N+](=O)[O-])c2)ccc1OCc1ccc(Br)cc1. The lowest BCUT2D eigenvalue weighted by molar-refractivity contribution is -0.394. The topological polar surface area (TPSA) is 196 Å². The zero-order valence-corrected chi connectivity index (χ0v) is 25.7. The van der Waals surface area contributed by atoms with Crippen molar-refractivity contribution in [2.24, 2.45) is 5.10 Å². The molecule has 14 nitrogen and oxygen atoms in total. The van der Waals surface area contributed by atoms with Crippen LogP contribution in [0.4, 0.5) is 11.4 Å². The number of hydrogen-bond donors (Lipinski definition) is 3. The standard InChI is InChI=1S/C31H26BrN5O9/c1-45-29-13-21(6-11-28(29)46-18-20-2-7-23(32)8-3-20)17-33-35-31(40)27(12-19-4-9-26(38)10-5-19)34-30(39)22-14-24(36(41)42)16-25(15-22)37(43)44/h2-11,13-17,27,38H,12,18H2,1H3,(H,34,39)(H,35,40)/b33-17-/t27-/m0/s1. The van der Waals surface area contributed by atoms with Gasteiger partial charge in [-0.2, -0.15) is 5.10 Å². The highest BCUT2D eigenvalue weighted by Crippen LogP contribution is 2.28. The molecule has 236 valence electrons. The second kappa shape index (κ2) is 15.3. The smallest absolute Gasteiger partial charge is 0.277 e. The summed E-state index contributed by atoms with van der Waals surface area (Å²) in [5.41, 5.74) is 2.70. The number of hydrogen-bond acceptors (Lipinski definition) is 10. The number of phenolic OH excluding ortho intramolecular Hbond substituents is 1. The van der Waals surface area contributed by atoms with E-state index >= 15 is 0 Å². The summed E-state index contributed by atoms with van der Waals surface area (Å²) in [6, 6.07) is 19.8. The summed E-state index contributed by atoms with van der Waals surface area (Å²) in [5, 5.41) is 38.6. The molecule has 0 saturated carbocycles. The van der Waals surface area contributed by atoms with Crippen LogP contribution in [0.1, 0.15) is 27.0 Å². The lowest BCUT2D eigenvalue weighted by Crippen LogP contribution is -2.46. The quantitative estimate of drug-likeness (QED) is 0.0976. The van der Waals surface area contributed by atoms with E-state index in [1.165, 1.54) is 37.6 Å². The predicted molar refractivity (Wildman–Crippen MR) is 170 cm³/mol. The highest BCUT2D eigenvalue weighted by Gasteiger charge is 2.25. The monoisotopic (exact) mass is 691 g/mol. The third-order valence-corrected chi connectivity index (χ3v) is 7.00. The first kappa shape index (κ1) is 33.1. The van der Waals surface area contributed by atoms with E-state index in [-0.39, 0.29) is 17.7 Å². The Balaban J connectivity index is 1.49. The second-order valence-electron chi connectivity index (χ2n) is 9.71. The molecular weight excluding hydrogens is 666 g/mol. The Morgan fingerprint density at radius 2 is 1.54 bits per heavy atom. The van der Waals surface area contributed by atoms with Crippen molar-refractivity contribution in [1.29, 1.82) is 0 Å². The van der Waals surface area contributed by atoms with Crippen LogP contribution in [0.5, 0.6) is 17.2 Å². The minimum Gasteiger partial charge on any atom is -0.508 e. The van der Waals surface area contributed by atoms with Crippen LogP contribution < -0.4 is 20.2 Å². The van der Waals surface area contributed by atoms with E-state index in [0.717, 1.165) is 28.2 Å². The summed E-state index contributed by atoms with van der Waals surface area (Å²) in [6.45, 7) is 0.310. The summed E-state index contributed by atoms with van der Waals surface area (Å²) in [7, 11) is 1.48. The number of amides is 2. The maximum Gasteiger partial charge on any atom is 0.277 e. The Morgan fingerprint density at radius 1 is 0.913 bits per heavy atom. The summed E-state index contributed by atoms with van der Waals surface area (Å²) in [5.74, 6) is -0.805. The van der Waals surface area contributed by atoms with Crippen LogP contribution in [0.3, 0.4) is 0 Å². The first-order chi connectivity index (χ1) is 22.0. The van der Waals surface area contributed by atoms with Crippen molar-refractivity contribution < 1.29 is 34.0 Å². The third kappa shape index (κ3) is 9.09. The maximum absolute atomic E-state index is 13.2. The summed E-state index contributed by atoms with van der Waals surface area (Å²) >= 11 is 3.39. The number of non-ortho nitro benzene ring substituents is 2. The largest absolute Gasteiger partial charge is 0.508 e. The molecule has 15 heteroatoms. The van der Waals surface area contributed by atoms with Gasteiger partial charge in [-0.15, -0.1) is 0 Å². The predicted octanol–water partition coefficient (Wildman–Crippen LogP) is 5.05. The van der Waals surface area contributed by atoms with E-state index in [1.54, 1.807) is 18.2 Å². The number of rotatable bonds is 13. The molecule has 0 spiro atoms. The summed E-state index contributed by atoms with van der Waals surface area (Å²) in [6.07, 6.45) is 1.28. The number of nitro benzene ring substituents is 2. The molecule has 46 heavy (non-hydrogen) atoms. The molecule has 4 aromatic carbocycles. The van der Waals surface area contributed by atoms with E-state index < -0.39 is 39.1 Å². The molecule has 0 fully saturated rings. The van der Waals surface area contributed by atoms with Crippen molar-refractivity contribution >= 4 is 45.3 Å². The normalized spacial score (nSPS) is 11.4. The minimum atomic E-state index is -1.27. The van der Waals surface area contributed by atoms with Gasteiger partial charge in [-0.1, -0.05) is 40.2 Å². The number of halogens is 1. The molecule has 0 saturated heterocycles. The number of nitrogens with one attached hydrogen (secondary N) is 2. The molecule has 0 aliphatic heterocycles. The highest BCUT2D eigenvalue weighted by atomic mass is 79.9. The van der Waals surface area contributed by atoms with Gasteiger partial charge in [-0.25, -0.2) is 5.43 Å². The number of nitro groups is 2. The number of carbonyl (C=O) groups is 2. The fourth-order valence-electron chi connectivity index (χ4n) is 4.13. The molecular formula is C31H26BrN5O9. The van der Waals surface area contributed by atoms with Gasteiger partial charge in [0.15, 0.2) is 11.5 Å². The van der Waals surface area contributed by atoms with Gasteiger partial charge in [0.05, 0.1) is 34.8 Å². The van der Waals surface area contributed by atoms with E-state index in [0.29, 0.717) is 29.2 Å². The number of methoxy groups -OCH3 is 1. The number of carbonyl (C=O) groups excluding carboxylic acids is 2. The van der Waals surface area contributed by atoms with Crippen molar-refractivity contribution in [3.63, 3.8) is 0 Å². The van der Waals surface area contributed by atoms with Crippen molar-refractivity contribution in [2.75, 3.05) is 7.11 Å². The van der Waals surface area contributed by atoms with Crippen LogP contribution in [-0.2, 0) is 17.8 Å². The Bertz CT molecular complexity index is 1750. The Morgan fingerprint density at radius 3 is 2.15 bits per heavy atom. The van der Waals surface area contributed by atoms with Crippen LogP contribution in [-0.4, -0.2) is 46.1 Å². The van der Waals surface area contributed by atoms with Crippen molar-refractivity contribution in [3.05, 3.63) is 132 Å². The van der Waals surface area contributed by atoms with Crippen LogP contribution >= 0.6 is 15.9 Å². The van der Waals surface area contributed by atoms with Crippen LogP contribution in [0.25, 0.3) is 0 Å². The lowest BCUT2D eigenvalue weighted by Gasteiger charge is -2.17. The molecule has 0 bridgehead atoms. The summed E-state index contributed by atoms with van der Waals surface area (Å²) < 4.78 is 12.3. The van der Waals surface area contributed by atoms with Gasteiger partial charge < -0.3 is 19.9 Å². The molecule has 1 atom stereocenters. The first-order valence-corrected chi connectivity index (χ1v) is 14.2. The molecule has 0 aromatic heterocycles. The zero-order valence-electron chi connectivity index (χ0n) is 24.1. The second-order valence-corrected chi connectivity index (χ2v) is 10.6. The zero-order chi connectivity index (χ0) is 33.2. The van der Waals surface area contributed by atoms with Crippen molar-refractivity contribution in [1.82, 2.24) is 10.7 Å². The average molecular weight is 692 g/mol. The number of aromatic hydroxyl groups is 1. The fourth-order valence-corrected chi connectivity index (χ4v) is 4.39. The molecule has 4 aromatic rings. The summed E-state index contributed by atoms with van der Waals surface area (Å²) in [4.78, 5) is 47.1. The van der Waals surface area contributed by atoms with Crippen LogP contribution in [0.2, 0.25) is 0 Å². The Hall–Kier alpha value is -5.83. The fraction of sp³-hybridized carbons (Fsp3) is 0.129. The van der Waals surface area contributed by atoms with Gasteiger partial charge in [-0.05, 0) is 59.2 Å². The number of ether oxygens (including phenoxy) is 2. The van der Waals surface area contributed by atoms with Gasteiger partial charge >= 0.3 is 0 Å². The number of hydrazone groups is 1. The molecule has 0 heterocycles. The number of benzene rings is 4. The molecule has 3 N–H and O–H groups in total. The Labute approximate surface area is 270 Å². The number of nitrogens with zero attached hydrogens (tertiary/aromatic N) is 3. The molecule has 0 aliphatic carbocycles. The van der Waals surface area contributed by atoms with Crippen LogP contribution in [0, 0.1) is 20.2 Å². The van der Waals surface area contributed by atoms with Gasteiger partial charge in [0, 0.05) is 23.0 Å². The Kier molecular flexibility index (Phi) is 11.0. The molecule has 2 amide bonds. The lowest BCUT2D eigenvalue weighted by atomic mass is 10.0. The molecule has 0 radical (unpaired) electrons. The molecule has 4 rings (SSSR count). The van der Waals surface area contributed by atoms with Gasteiger partial charge in [0.1, 0.15) is 18.4 Å². The van der Waals surface area contributed by atoms with Crippen molar-refractivity contribution in [2.45, 2.75) is 19.1 Å². The highest BCUT2D eigenvalue weighted by molar-refractivity contribution is 9.10. The maximum atomic E-state index is 13.2. The van der Waals surface area contributed by atoms with E-state index in [1.807, 2.05) is 24.3 Å². The van der Waals surface area contributed by atoms with E-state index in [2.05, 4.69) is 31.8 Å². The van der Waals surface area contributed by atoms with Gasteiger partial charge in [0.25, 0.3) is 23.2 Å². The van der Waals surface area contributed by atoms with Gasteiger partial charge in [-0.3, -0.25) is 29.8 Å². The van der Waals surface area contributed by atoms with E-state index in [9.17, 15) is 34.9 Å². The van der Waals surface area contributed by atoms with Gasteiger partial charge in [0.2, 0.25) is 0 Å². The van der Waals surface area contributed by atoms with Crippen molar-refractivity contribution in [3.8, 4) is 17.2 Å². The number of phenols is 1. The van der Waals surface area contributed by atoms with E-state index in [4.69, 9.17) is 9.47 Å².